The summed E-state index contributed by atoms with van der Waals surface area (Å²) in [5.74, 6) is 0. The van der Waals surface area contributed by atoms with Gasteiger partial charge in [0.25, 0.3) is 0 Å². The molecule has 200 valence electrons. The summed E-state index contributed by atoms with van der Waals surface area (Å²) >= 11 is 0. The maximum Gasteiger partial charge on any atom is 0.133 e. The third-order valence-corrected chi connectivity index (χ3v) is 4.95. The fraction of sp³-hybridized carbons (Fsp3) is 0.0294. The molecule has 0 saturated heterocycles. The van der Waals surface area contributed by atoms with Crippen LogP contribution >= 0.6 is 0 Å². The molecule has 7 aromatic rings. The summed E-state index contributed by atoms with van der Waals surface area (Å²) in [4.78, 5) is 14.3. The van der Waals surface area contributed by atoms with Crippen LogP contribution in [0.2, 0.25) is 0 Å². The van der Waals surface area contributed by atoms with Crippen molar-refractivity contribution in [2.75, 3.05) is 0 Å². The third kappa shape index (κ3) is 12.7. The number of para-hydroxylation sites is 2. The van der Waals surface area contributed by atoms with Crippen LogP contribution in [0.15, 0.2) is 186 Å². The summed E-state index contributed by atoms with van der Waals surface area (Å²) in [6, 6.07) is 31.3. The minimum Gasteiger partial charge on any atom is -0.473 e. The van der Waals surface area contributed by atoms with Crippen LogP contribution in [0.1, 0.15) is 6.42 Å². The van der Waals surface area contributed by atoms with E-state index >= 15 is 0 Å². The average molecular weight is 529 g/mol. The van der Waals surface area contributed by atoms with Gasteiger partial charge in [-0.1, -0.05) is 66.8 Å². The summed E-state index contributed by atoms with van der Waals surface area (Å²) in [7, 11) is 0. The van der Waals surface area contributed by atoms with Gasteiger partial charge in [0.2, 0.25) is 0 Å². The van der Waals surface area contributed by atoms with Crippen molar-refractivity contribution >= 4 is 21.9 Å². The van der Waals surface area contributed by atoms with E-state index in [-0.39, 0.29) is 0 Å². The number of allylic oxidation sites excluding steroid dienone is 4. The molecule has 0 aliphatic heterocycles. The molecule has 0 bridgehead atoms. The van der Waals surface area contributed by atoms with Gasteiger partial charge in [0.1, 0.15) is 11.9 Å². The maximum atomic E-state index is 5.12. The highest BCUT2D eigenvalue weighted by atomic mass is 16.3. The van der Waals surface area contributed by atoms with E-state index in [2.05, 4.69) is 66.9 Å². The number of benzene rings is 2. The fourth-order valence-corrected chi connectivity index (χ4v) is 3.09. The number of rotatable bonds is 0. The maximum absolute atomic E-state index is 5.12. The zero-order valence-electron chi connectivity index (χ0n) is 22.1. The van der Waals surface area contributed by atoms with Crippen molar-refractivity contribution < 1.29 is 8.83 Å². The standard InChI is InChI=1S/C8H7N.C8H6O.C5H5N.C5H6.C4H4N2.C4H4O/c2*1-2-4-8-7(3-1)5-6-9-8;1-2-4-6-5-3-1;1-2-4-5-3-1;1-2-5-4-6-3-1;1-2-4-5-3-1/h1-6,9H;1-6H;1-5H;1-4H,5H2;1-4H;1-4H. The molecule has 0 spiro atoms. The number of aromatic amines is 1. The van der Waals surface area contributed by atoms with Gasteiger partial charge in [0, 0.05) is 41.9 Å². The van der Waals surface area contributed by atoms with Gasteiger partial charge in [0.15, 0.2) is 0 Å². The molecule has 1 N–H and O–H groups in total. The van der Waals surface area contributed by atoms with Crippen LogP contribution in [0.5, 0.6) is 0 Å². The Balaban J connectivity index is 0.000000135. The van der Waals surface area contributed by atoms with Crippen LogP contribution < -0.4 is 0 Å². The van der Waals surface area contributed by atoms with Gasteiger partial charge >= 0.3 is 0 Å². The minimum atomic E-state index is 0.956. The van der Waals surface area contributed by atoms with Crippen LogP contribution in [0.3, 0.4) is 0 Å². The number of hydrogen-bond acceptors (Lipinski definition) is 5. The molecule has 0 fully saturated rings. The first kappa shape index (κ1) is 29.1. The summed E-state index contributed by atoms with van der Waals surface area (Å²) in [5, 5.41) is 2.44. The van der Waals surface area contributed by atoms with Crippen molar-refractivity contribution in [2.45, 2.75) is 6.42 Å². The second kappa shape index (κ2) is 19.6. The highest BCUT2D eigenvalue weighted by Crippen LogP contribution is 2.12. The minimum absolute atomic E-state index is 0.956. The first-order valence-corrected chi connectivity index (χ1v) is 12.7. The van der Waals surface area contributed by atoms with Gasteiger partial charge in [-0.15, -0.1) is 0 Å². The van der Waals surface area contributed by atoms with Crippen LogP contribution in [-0.4, -0.2) is 19.9 Å². The van der Waals surface area contributed by atoms with Crippen molar-refractivity contribution in [2.24, 2.45) is 0 Å². The number of pyridine rings is 1. The molecule has 40 heavy (non-hydrogen) atoms. The molecule has 2 aromatic carbocycles. The quantitative estimate of drug-likeness (QED) is 0.212. The van der Waals surface area contributed by atoms with E-state index in [9.17, 15) is 0 Å². The van der Waals surface area contributed by atoms with Crippen molar-refractivity contribution in [1.82, 2.24) is 19.9 Å². The van der Waals surface area contributed by atoms with Gasteiger partial charge in [-0.25, -0.2) is 9.97 Å². The number of aromatic nitrogens is 4. The predicted molar refractivity (Wildman–Crippen MR) is 162 cm³/mol. The Labute approximate surface area is 234 Å². The zero-order chi connectivity index (χ0) is 27.8. The third-order valence-electron chi connectivity index (χ3n) is 4.95. The molecule has 1 aliphatic carbocycles. The molecule has 8 rings (SSSR count). The largest absolute Gasteiger partial charge is 0.473 e. The Bertz CT molecular complexity index is 1330. The summed E-state index contributed by atoms with van der Waals surface area (Å²) in [6.45, 7) is 0. The zero-order valence-corrected chi connectivity index (χ0v) is 22.1. The van der Waals surface area contributed by atoms with E-state index in [0.717, 1.165) is 17.4 Å². The normalized spacial score (nSPS) is 10.2. The highest BCUT2D eigenvalue weighted by molar-refractivity contribution is 5.78. The smallest absolute Gasteiger partial charge is 0.133 e. The summed E-state index contributed by atoms with van der Waals surface area (Å²) in [6.07, 6.45) is 24.8. The molecule has 0 radical (unpaired) electrons. The molecule has 0 unspecified atom stereocenters. The fourth-order valence-electron chi connectivity index (χ4n) is 3.09. The van der Waals surface area contributed by atoms with E-state index in [0.29, 0.717) is 0 Å². The Morgan fingerprint density at radius 2 is 1.23 bits per heavy atom. The number of nitrogens with one attached hydrogen (secondary N) is 1. The summed E-state index contributed by atoms with van der Waals surface area (Å²) < 4.78 is 9.70. The Morgan fingerprint density at radius 1 is 0.550 bits per heavy atom. The van der Waals surface area contributed by atoms with Gasteiger partial charge in [0.05, 0.1) is 18.8 Å². The highest BCUT2D eigenvalue weighted by Gasteiger charge is 1.89. The molecule has 0 saturated carbocycles. The Kier molecular flexibility index (Phi) is 14.2. The molecule has 5 aromatic heterocycles. The Morgan fingerprint density at radius 3 is 1.70 bits per heavy atom. The molecule has 6 nitrogen and oxygen atoms in total. The van der Waals surface area contributed by atoms with Crippen molar-refractivity contribution in [3.63, 3.8) is 0 Å². The first-order chi connectivity index (χ1) is 19.9. The molecular weight excluding hydrogens is 496 g/mol. The van der Waals surface area contributed by atoms with Crippen molar-refractivity contribution in [1.29, 1.82) is 0 Å². The topological polar surface area (TPSA) is 80.7 Å². The lowest BCUT2D eigenvalue weighted by molar-refractivity contribution is 0.567. The van der Waals surface area contributed by atoms with Gasteiger partial charge in [-0.05, 0) is 66.4 Å². The Hall–Kier alpha value is -5.49. The average Bonchev–Trinajstić information content (AvgIpc) is 3.89. The van der Waals surface area contributed by atoms with Crippen LogP contribution in [0, 0.1) is 0 Å². The number of nitrogens with zero attached hydrogens (tertiary/aromatic N) is 3. The van der Waals surface area contributed by atoms with Crippen LogP contribution in [0.4, 0.5) is 0 Å². The van der Waals surface area contributed by atoms with E-state index in [1.54, 1.807) is 49.6 Å². The lowest BCUT2D eigenvalue weighted by Gasteiger charge is -1.83. The van der Waals surface area contributed by atoms with Crippen molar-refractivity contribution in [3.05, 3.63) is 177 Å². The van der Waals surface area contributed by atoms with Crippen molar-refractivity contribution in [3.8, 4) is 0 Å². The second-order valence-corrected chi connectivity index (χ2v) is 7.84. The van der Waals surface area contributed by atoms with E-state index < -0.39 is 0 Å². The number of hydrogen-bond donors (Lipinski definition) is 1. The SMILES string of the molecule is C1=CCC=C1.c1ccc2[nH]ccc2c1.c1ccc2occc2c1.c1ccncc1.c1ccoc1.c1cncnc1. The van der Waals surface area contributed by atoms with Gasteiger partial charge < -0.3 is 13.8 Å². The molecule has 1 aliphatic rings. The van der Waals surface area contributed by atoms with Crippen LogP contribution in [0.25, 0.3) is 21.9 Å². The molecule has 0 atom stereocenters. The monoisotopic (exact) mass is 528 g/mol. The number of furan rings is 2. The number of fused-ring (bicyclic) bond motifs is 2. The second-order valence-electron chi connectivity index (χ2n) is 7.84. The lowest BCUT2D eigenvalue weighted by atomic mass is 10.3. The van der Waals surface area contributed by atoms with E-state index in [4.69, 9.17) is 4.42 Å². The summed E-state index contributed by atoms with van der Waals surface area (Å²) in [5.41, 5.74) is 2.16. The molecule has 6 heteroatoms. The van der Waals surface area contributed by atoms with E-state index in [1.165, 1.54) is 17.2 Å². The molecule has 0 amide bonds. The number of H-pyrrole nitrogens is 1. The van der Waals surface area contributed by atoms with Gasteiger partial charge in [-0.2, -0.15) is 0 Å². The molecular formula is C34H32N4O2. The first-order valence-electron chi connectivity index (χ1n) is 12.7. The van der Waals surface area contributed by atoms with Gasteiger partial charge in [-0.3, -0.25) is 4.98 Å². The lowest BCUT2D eigenvalue weighted by Crippen LogP contribution is -1.66. The van der Waals surface area contributed by atoms with E-state index in [1.807, 2.05) is 79.0 Å². The predicted octanol–water partition coefficient (Wildman–Crippen LogP) is 8.94. The van der Waals surface area contributed by atoms with Crippen LogP contribution in [-0.2, 0) is 0 Å². The molecule has 5 heterocycles.